The molecule has 3 rings (SSSR count). The van der Waals surface area contributed by atoms with Gasteiger partial charge in [0.15, 0.2) is 0 Å². The monoisotopic (exact) mass is 243 g/mol. The standard InChI is InChI=1S/C14H17N3O/c15-13-9-11(12-3-8-18-10-12)1-2-14(13)17-6-4-16-5-7-17/h1-3,8-10,16H,4-7,15H2. The molecule has 18 heavy (non-hydrogen) atoms. The van der Waals surface area contributed by atoms with Crippen LogP contribution in [0.3, 0.4) is 0 Å². The second-order valence-electron chi connectivity index (χ2n) is 4.52. The summed E-state index contributed by atoms with van der Waals surface area (Å²) in [6.45, 7) is 4.05. The van der Waals surface area contributed by atoms with Gasteiger partial charge in [-0.25, -0.2) is 0 Å². The summed E-state index contributed by atoms with van der Waals surface area (Å²) < 4.78 is 5.10. The zero-order valence-electron chi connectivity index (χ0n) is 10.2. The highest BCUT2D eigenvalue weighted by atomic mass is 16.3. The number of benzene rings is 1. The van der Waals surface area contributed by atoms with Crippen LogP contribution in [-0.4, -0.2) is 26.2 Å². The molecular formula is C14H17N3O. The van der Waals surface area contributed by atoms with Crippen LogP contribution in [0.25, 0.3) is 11.1 Å². The maximum atomic E-state index is 6.17. The van der Waals surface area contributed by atoms with Crippen molar-refractivity contribution < 1.29 is 4.42 Å². The number of nitrogen functional groups attached to an aromatic ring is 1. The van der Waals surface area contributed by atoms with Gasteiger partial charge in [0.05, 0.1) is 23.9 Å². The molecule has 0 atom stereocenters. The van der Waals surface area contributed by atoms with Crippen LogP contribution in [0.5, 0.6) is 0 Å². The van der Waals surface area contributed by atoms with Crippen molar-refractivity contribution >= 4 is 11.4 Å². The summed E-state index contributed by atoms with van der Waals surface area (Å²) in [7, 11) is 0. The Balaban J connectivity index is 1.89. The van der Waals surface area contributed by atoms with E-state index in [1.165, 1.54) is 0 Å². The Morgan fingerprint density at radius 3 is 2.61 bits per heavy atom. The van der Waals surface area contributed by atoms with E-state index in [4.69, 9.17) is 10.2 Å². The molecule has 1 aromatic carbocycles. The number of hydrogen-bond acceptors (Lipinski definition) is 4. The molecule has 0 bridgehead atoms. The number of nitrogens with zero attached hydrogens (tertiary/aromatic N) is 1. The van der Waals surface area contributed by atoms with Gasteiger partial charge in [-0.15, -0.1) is 0 Å². The van der Waals surface area contributed by atoms with E-state index >= 15 is 0 Å². The van der Waals surface area contributed by atoms with E-state index in [1.807, 2.05) is 12.1 Å². The molecule has 1 aliphatic heterocycles. The van der Waals surface area contributed by atoms with Crippen LogP contribution >= 0.6 is 0 Å². The van der Waals surface area contributed by atoms with Gasteiger partial charge in [0.25, 0.3) is 0 Å². The van der Waals surface area contributed by atoms with Crippen molar-refractivity contribution in [1.82, 2.24) is 5.32 Å². The highest BCUT2D eigenvalue weighted by molar-refractivity contribution is 5.76. The van der Waals surface area contributed by atoms with Gasteiger partial charge in [0.1, 0.15) is 0 Å². The lowest BCUT2D eigenvalue weighted by atomic mass is 10.1. The Morgan fingerprint density at radius 2 is 1.94 bits per heavy atom. The highest BCUT2D eigenvalue weighted by Crippen LogP contribution is 2.29. The van der Waals surface area contributed by atoms with E-state index < -0.39 is 0 Å². The van der Waals surface area contributed by atoms with Gasteiger partial charge in [-0.3, -0.25) is 0 Å². The lowest BCUT2D eigenvalue weighted by molar-refractivity contribution is 0.568. The molecule has 94 valence electrons. The van der Waals surface area contributed by atoms with E-state index in [0.717, 1.165) is 48.7 Å². The number of furan rings is 1. The van der Waals surface area contributed by atoms with Crippen molar-refractivity contribution in [3.8, 4) is 11.1 Å². The number of nitrogens with two attached hydrogens (primary N) is 1. The summed E-state index contributed by atoms with van der Waals surface area (Å²) in [5.74, 6) is 0. The van der Waals surface area contributed by atoms with Crippen LogP contribution in [0, 0.1) is 0 Å². The molecule has 1 fully saturated rings. The van der Waals surface area contributed by atoms with Crippen molar-refractivity contribution in [1.29, 1.82) is 0 Å². The fourth-order valence-electron chi connectivity index (χ4n) is 2.36. The second-order valence-corrected chi connectivity index (χ2v) is 4.52. The van der Waals surface area contributed by atoms with Gasteiger partial charge < -0.3 is 20.4 Å². The maximum absolute atomic E-state index is 6.17. The molecule has 2 aromatic rings. The van der Waals surface area contributed by atoms with Gasteiger partial charge in [-0.2, -0.15) is 0 Å². The Morgan fingerprint density at radius 1 is 1.11 bits per heavy atom. The van der Waals surface area contributed by atoms with Crippen LogP contribution in [-0.2, 0) is 0 Å². The van der Waals surface area contributed by atoms with Crippen LogP contribution in [0.1, 0.15) is 0 Å². The number of hydrogen-bond donors (Lipinski definition) is 2. The Hall–Kier alpha value is -1.94. The van der Waals surface area contributed by atoms with Crippen molar-refractivity contribution in [2.75, 3.05) is 36.8 Å². The molecule has 0 unspecified atom stereocenters. The third-order valence-corrected chi connectivity index (χ3v) is 3.34. The summed E-state index contributed by atoms with van der Waals surface area (Å²) in [6.07, 6.45) is 3.41. The summed E-state index contributed by atoms with van der Waals surface area (Å²) >= 11 is 0. The average Bonchev–Trinajstić information content (AvgIpc) is 2.93. The van der Waals surface area contributed by atoms with Crippen LogP contribution in [0.4, 0.5) is 11.4 Å². The number of anilines is 2. The van der Waals surface area contributed by atoms with E-state index in [1.54, 1.807) is 12.5 Å². The minimum atomic E-state index is 0.829. The minimum absolute atomic E-state index is 0.829. The van der Waals surface area contributed by atoms with Gasteiger partial charge in [-0.05, 0) is 23.8 Å². The van der Waals surface area contributed by atoms with Crippen LogP contribution in [0.2, 0.25) is 0 Å². The summed E-state index contributed by atoms with van der Waals surface area (Å²) in [5, 5.41) is 3.34. The van der Waals surface area contributed by atoms with Crippen molar-refractivity contribution in [3.63, 3.8) is 0 Å². The number of piperazine rings is 1. The van der Waals surface area contributed by atoms with Crippen molar-refractivity contribution in [2.24, 2.45) is 0 Å². The SMILES string of the molecule is Nc1cc(-c2ccoc2)ccc1N1CCNCC1. The molecule has 1 aromatic heterocycles. The highest BCUT2D eigenvalue weighted by Gasteiger charge is 2.13. The topological polar surface area (TPSA) is 54.4 Å². The maximum Gasteiger partial charge on any atom is 0.0980 e. The molecule has 4 nitrogen and oxygen atoms in total. The molecular weight excluding hydrogens is 226 g/mol. The quantitative estimate of drug-likeness (QED) is 0.791. The van der Waals surface area contributed by atoms with Gasteiger partial charge >= 0.3 is 0 Å². The molecule has 0 spiro atoms. The van der Waals surface area contributed by atoms with Gasteiger partial charge in [0, 0.05) is 31.7 Å². The third-order valence-electron chi connectivity index (χ3n) is 3.34. The van der Waals surface area contributed by atoms with E-state index in [0.29, 0.717) is 0 Å². The Labute approximate surface area is 106 Å². The molecule has 0 aliphatic carbocycles. The fraction of sp³-hybridized carbons (Fsp3) is 0.286. The molecule has 1 aliphatic rings. The van der Waals surface area contributed by atoms with Crippen LogP contribution < -0.4 is 16.0 Å². The summed E-state index contributed by atoms with van der Waals surface area (Å²) in [6, 6.07) is 8.16. The largest absolute Gasteiger partial charge is 0.472 e. The predicted octanol–water partition coefficient (Wildman–Crippen LogP) is 1.94. The Kier molecular flexibility index (Phi) is 2.94. The smallest absolute Gasteiger partial charge is 0.0980 e. The van der Waals surface area contributed by atoms with Gasteiger partial charge in [0.2, 0.25) is 0 Å². The molecule has 0 amide bonds. The second kappa shape index (κ2) is 4.74. The lowest BCUT2D eigenvalue weighted by Gasteiger charge is -2.30. The minimum Gasteiger partial charge on any atom is -0.472 e. The number of rotatable bonds is 2. The van der Waals surface area contributed by atoms with Crippen LogP contribution in [0.15, 0.2) is 41.2 Å². The molecule has 0 saturated carbocycles. The molecule has 2 heterocycles. The first-order valence-corrected chi connectivity index (χ1v) is 6.22. The van der Waals surface area contributed by atoms with Crippen molar-refractivity contribution in [2.45, 2.75) is 0 Å². The molecule has 1 saturated heterocycles. The lowest BCUT2D eigenvalue weighted by Crippen LogP contribution is -2.43. The number of nitrogens with one attached hydrogen (secondary N) is 1. The third kappa shape index (κ3) is 2.07. The zero-order chi connectivity index (χ0) is 12.4. The van der Waals surface area contributed by atoms with E-state index in [2.05, 4.69) is 22.3 Å². The normalized spacial score (nSPS) is 15.9. The van der Waals surface area contributed by atoms with Crippen molar-refractivity contribution in [3.05, 3.63) is 36.8 Å². The first-order chi connectivity index (χ1) is 8.84. The zero-order valence-corrected chi connectivity index (χ0v) is 10.2. The average molecular weight is 243 g/mol. The summed E-state index contributed by atoms with van der Waals surface area (Å²) in [5.41, 5.74) is 10.3. The van der Waals surface area contributed by atoms with Gasteiger partial charge in [-0.1, -0.05) is 6.07 Å². The summed E-state index contributed by atoms with van der Waals surface area (Å²) in [4.78, 5) is 2.32. The van der Waals surface area contributed by atoms with E-state index in [9.17, 15) is 0 Å². The first-order valence-electron chi connectivity index (χ1n) is 6.22. The van der Waals surface area contributed by atoms with E-state index in [-0.39, 0.29) is 0 Å². The molecule has 3 N–H and O–H groups in total. The predicted molar refractivity (Wildman–Crippen MR) is 73.6 cm³/mol. The Bertz CT molecular complexity index is 516. The fourth-order valence-corrected chi connectivity index (χ4v) is 2.36. The first kappa shape index (κ1) is 11.2. The molecule has 4 heteroatoms. The molecule has 0 radical (unpaired) electrons.